The quantitative estimate of drug-likeness (QED) is 0.401. The monoisotopic (exact) mass is 271 g/mol. The van der Waals surface area contributed by atoms with Gasteiger partial charge in [-0.1, -0.05) is 22.6 Å². The molecule has 32 valence electrons. The number of primary amides is 1. The molecule has 0 aliphatic carbocycles. The Morgan fingerprint density at radius 2 is 2.17 bits per heavy atom. The number of rotatable bonds is 1. The molecule has 6 heavy (non-hydrogen) atoms. The van der Waals surface area contributed by atoms with E-state index in [2.05, 4.69) is 5.73 Å². The van der Waals surface area contributed by atoms with E-state index in [1.54, 1.807) is 0 Å². The van der Waals surface area contributed by atoms with E-state index < -0.39 is 0 Å². The summed E-state index contributed by atoms with van der Waals surface area (Å²) in [6.07, 6.45) is 0. The zero-order chi connectivity index (χ0) is 4.28. The maximum atomic E-state index is 9.58. The van der Waals surface area contributed by atoms with Crippen LogP contribution >= 0.6 is 22.6 Å². The molecular weight excluding hydrogens is 266 g/mol. The van der Waals surface area contributed by atoms with Crippen molar-refractivity contribution in [2.75, 3.05) is 4.43 Å². The van der Waals surface area contributed by atoms with Crippen molar-refractivity contribution in [3.63, 3.8) is 0 Å². The average Bonchev–Trinajstić information content (AvgIpc) is 1.38. The summed E-state index contributed by atoms with van der Waals surface area (Å²) in [6, 6.07) is 0. The van der Waals surface area contributed by atoms with E-state index in [1.807, 2.05) is 22.6 Å². The van der Waals surface area contributed by atoms with Gasteiger partial charge in [-0.15, -0.1) is 0 Å². The summed E-state index contributed by atoms with van der Waals surface area (Å²) in [5, 5.41) is 0. The summed E-state index contributed by atoms with van der Waals surface area (Å²) in [5.41, 5.74) is 4.65. The molecule has 0 fully saturated rings. The molecule has 0 aromatic carbocycles. The minimum absolute atomic E-state index is 0. The van der Waals surface area contributed by atoms with Gasteiger partial charge in [-0.05, 0) is 0 Å². The SMILES string of the molecule is NC(=O)CI.[H-].[Rb+]. The molecule has 4 heteroatoms. The van der Waals surface area contributed by atoms with Gasteiger partial charge < -0.3 is 7.16 Å². The van der Waals surface area contributed by atoms with Gasteiger partial charge in [-0.3, -0.25) is 4.79 Å². The molecular formula is C2H5INORb. The van der Waals surface area contributed by atoms with Crippen molar-refractivity contribution in [3.8, 4) is 0 Å². The molecule has 0 spiro atoms. The van der Waals surface area contributed by atoms with Crippen LogP contribution in [0.5, 0.6) is 0 Å². The van der Waals surface area contributed by atoms with E-state index in [4.69, 9.17) is 0 Å². The molecule has 0 saturated carbocycles. The van der Waals surface area contributed by atoms with E-state index in [0.717, 1.165) is 0 Å². The number of hydrogen-bond acceptors (Lipinski definition) is 1. The molecule has 0 aliphatic rings. The fourth-order valence-corrected chi connectivity index (χ4v) is 0. The Bertz CT molecular complexity index is 53.0. The maximum Gasteiger partial charge on any atom is 1.00 e. The first kappa shape index (κ1) is 10.9. The smallest absolute Gasteiger partial charge is 1.00 e. The van der Waals surface area contributed by atoms with E-state index >= 15 is 0 Å². The van der Waals surface area contributed by atoms with Crippen LogP contribution in [-0.4, -0.2) is 10.3 Å². The number of halogens is 1. The minimum Gasteiger partial charge on any atom is -1.00 e. The van der Waals surface area contributed by atoms with Crippen molar-refractivity contribution >= 4 is 28.5 Å². The van der Waals surface area contributed by atoms with E-state index in [1.165, 1.54) is 0 Å². The maximum absolute atomic E-state index is 9.58. The van der Waals surface area contributed by atoms with Crippen LogP contribution in [0.25, 0.3) is 0 Å². The minimum atomic E-state index is -0.259. The van der Waals surface area contributed by atoms with Crippen molar-refractivity contribution in [3.05, 3.63) is 0 Å². The van der Waals surface area contributed by atoms with Crippen LogP contribution in [0.2, 0.25) is 0 Å². The fraction of sp³-hybridized carbons (Fsp3) is 0.500. The van der Waals surface area contributed by atoms with Gasteiger partial charge in [0.15, 0.2) is 0 Å². The Kier molecular flexibility index (Phi) is 12.7. The second-order valence-electron chi connectivity index (χ2n) is 0.600. The van der Waals surface area contributed by atoms with Crippen LogP contribution in [0.1, 0.15) is 1.43 Å². The van der Waals surface area contributed by atoms with Crippen molar-refractivity contribution in [1.29, 1.82) is 0 Å². The Morgan fingerprint density at radius 3 is 2.17 bits per heavy atom. The second-order valence-corrected chi connectivity index (χ2v) is 1.36. The van der Waals surface area contributed by atoms with Gasteiger partial charge >= 0.3 is 58.2 Å². The molecule has 0 atom stereocenters. The third-order valence-corrected chi connectivity index (χ3v) is 0.884. The molecule has 1 amide bonds. The predicted molar refractivity (Wildman–Crippen MR) is 29.2 cm³/mol. The summed E-state index contributed by atoms with van der Waals surface area (Å²) in [6.45, 7) is 0. The Labute approximate surface area is 101 Å². The largest absolute Gasteiger partial charge is 1.00 e. The molecule has 0 aromatic heterocycles. The van der Waals surface area contributed by atoms with Crippen LogP contribution in [0.4, 0.5) is 0 Å². The molecule has 0 radical (unpaired) electrons. The number of alkyl halides is 1. The van der Waals surface area contributed by atoms with E-state index in [9.17, 15) is 4.79 Å². The van der Waals surface area contributed by atoms with Gasteiger partial charge in [0.05, 0.1) is 4.43 Å². The molecule has 2 nitrogen and oxygen atoms in total. The number of hydrogen-bond donors (Lipinski definition) is 1. The summed E-state index contributed by atoms with van der Waals surface area (Å²) in [4.78, 5) is 9.58. The third-order valence-electron chi connectivity index (χ3n) is 0.132. The van der Waals surface area contributed by atoms with Gasteiger partial charge in [0, 0.05) is 0 Å². The van der Waals surface area contributed by atoms with Crippen LogP contribution in [0, 0.1) is 0 Å². The summed E-state index contributed by atoms with van der Waals surface area (Å²) in [7, 11) is 0. The molecule has 0 aliphatic heterocycles. The number of carbonyl (C=O) groups is 1. The number of carbonyl (C=O) groups excluding carboxylic acids is 1. The Hall–Kier alpha value is 2.01. The van der Waals surface area contributed by atoms with Gasteiger partial charge in [0.25, 0.3) is 0 Å². The molecule has 2 N–H and O–H groups in total. The van der Waals surface area contributed by atoms with Crippen LogP contribution in [-0.2, 0) is 4.79 Å². The first-order valence-electron chi connectivity index (χ1n) is 1.11. The van der Waals surface area contributed by atoms with Crippen LogP contribution in [0.15, 0.2) is 0 Å². The second kappa shape index (κ2) is 7.01. The topological polar surface area (TPSA) is 43.1 Å². The third kappa shape index (κ3) is 9.38. The van der Waals surface area contributed by atoms with Gasteiger partial charge in [-0.2, -0.15) is 0 Å². The van der Waals surface area contributed by atoms with Crippen molar-refractivity contribution in [2.24, 2.45) is 5.73 Å². The normalized spacial score (nSPS) is 6.17. The summed E-state index contributed by atoms with van der Waals surface area (Å²) >= 11 is 1.90. The number of amides is 1. The van der Waals surface area contributed by atoms with Gasteiger partial charge in [0.2, 0.25) is 5.91 Å². The first-order chi connectivity index (χ1) is 2.27. The van der Waals surface area contributed by atoms with E-state index in [-0.39, 0.29) is 65.5 Å². The number of nitrogens with two attached hydrogens (primary N) is 1. The zero-order valence-electron chi connectivity index (χ0n) is 4.57. The standard InChI is InChI=1S/C2H4INO.Rb.H/c3-1-2(4)5;;/h1H2,(H2,4,5);;/q;+1;-1. The molecule has 0 aromatic rings. The Morgan fingerprint density at radius 1 is 2.00 bits per heavy atom. The molecule has 0 bridgehead atoms. The predicted octanol–water partition coefficient (Wildman–Crippen LogP) is -2.98. The average molecular weight is 271 g/mol. The van der Waals surface area contributed by atoms with Gasteiger partial charge in [-0.25, -0.2) is 0 Å². The fourth-order valence-electron chi connectivity index (χ4n) is 0. The molecule has 0 unspecified atom stereocenters. The van der Waals surface area contributed by atoms with Gasteiger partial charge in [0.1, 0.15) is 0 Å². The van der Waals surface area contributed by atoms with Crippen LogP contribution < -0.4 is 63.9 Å². The van der Waals surface area contributed by atoms with Crippen LogP contribution in [0.3, 0.4) is 0 Å². The Balaban J connectivity index is -0.0000000800. The molecule has 0 rings (SSSR count). The summed E-state index contributed by atoms with van der Waals surface area (Å²) in [5.74, 6) is -0.259. The zero-order valence-corrected chi connectivity index (χ0v) is 10.6. The van der Waals surface area contributed by atoms with E-state index in [0.29, 0.717) is 4.43 Å². The molecule has 0 saturated heterocycles. The molecule has 0 heterocycles. The van der Waals surface area contributed by atoms with Crippen molar-refractivity contribution in [2.45, 2.75) is 0 Å². The van der Waals surface area contributed by atoms with Crippen molar-refractivity contribution in [1.82, 2.24) is 0 Å². The van der Waals surface area contributed by atoms with Crippen molar-refractivity contribution < 1.29 is 64.4 Å². The first-order valence-corrected chi connectivity index (χ1v) is 2.64. The summed E-state index contributed by atoms with van der Waals surface area (Å²) < 4.78 is 0.414.